The first-order valence-corrected chi connectivity index (χ1v) is 6.98. The average Bonchev–Trinajstić information content (AvgIpc) is 2.37. The molecular weight excluding hydrogens is 331 g/mol. The van der Waals surface area contributed by atoms with Crippen molar-refractivity contribution < 1.29 is 9.13 Å². The second kappa shape index (κ2) is 5.93. The molecule has 0 bridgehead atoms. The van der Waals surface area contributed by atoms with E-state index in [0.717, 1.165) is 21.3 Å². The van der Waals surface area contributed by atoms with Crippen LogP contribution in [0.15, 0.2) is 34.8 Å². The minimum absolute atomic E-state index is 0.119. The van der Waals surface area contributed by atoms with Gasteiger partial charge in [-0.1, -0.05) is 39.7 Å². The van der Waals surface area contributed by atoms with Gasteiger partial charge in [-0.15, -0.1) is 0 Å². The zero-order chi connectivity index (χ0) is 14.0. The third-order valence-corrected chi connectivity index (χ3v) is 4.51. The smallest absolute Gasteiger partial charge is 0.142 e. The number of benzene rings is 2. The van der Waals surface area contributed by atoms with E-state index in [1.807, 2.05) is 26.0 Å². The number of halogens is 3. The number of aryl methyl sites for hydroxylation is 2. The Labute approximate surface area is 125 Å². The van der Waals surface area contributed by atoms with E-state index in [9.17, 15) is 4.39 Å². The Kier molecular flexibility index (Phi) is 4.48. The lowest BCUT2D eigenvalue weighted by Crippen LogP contribution is -1.98. The Morgan fingerprint density at radius 2 is 1.84 bits per heavy atom. The maximum absolute atomic E-state index is 13.3. The second-order valence-electron chi connectivity index (χ2n) is 4.37. The number of ether oxygens (including phenoxy) is 1. The maximum atomic E-state index is 13.3. The van der Waals surface area contributed by atoms with Crippen molar-refractivity contribution in [2.45, 2.75) is 20.5 Å². The SMILES string of the molecule is Cc1cc(OCc2cccc(F)c2Cl)cc(C)c1Br. The summed E-state index contributed by atoms with van der Waals surface area (Å²) in [4.78, 5) is 0. The Balaban J connectivity index is 2.17. The molecule has 0 N–H and O–H groups in total. The molecule has 0 aliphatic rings. The molecular formula is C15H13BrClFO. The quantitative estimate of drug-likeness (QED) is 0.721. The molecule has 0 heterocycles. The summed E-state index contributed by atoms with van der Waals surface area (Å²) in [5.74, 6) is 0.324. The van der Waals surface area contributed by atoms with Gasteiger partial charge in [-0.2, -0.15) is 0 Å². The molecule has 1 nitrogen and oxygen atoms in total. The highest BCUT2D eigenvalue weighted by atomic mass is 79.9. The topological polar surface area (TPSA) is 9.23 Å². The summed E-state index contributed by atoms with van der Waals surface area (Å²) in [5, 5.41) is 0.119. The van der Waals surface area contributed by atoms with Gasteiger partial charge in [0.05, 0.1) is 5.02 Å². The van der Waals surface area contributed by atoms with E-state index >= 15 is 0 Å². The van der Waals surface area contributed by atoms with Gasteiger partial charge < -0.3 is 4.74 Å². The molecule has 0 aliphatic heterocycles. The molecule has 0 amide bonds. The van der Waals surface area contributed by atoms with Crippen molar-refractivity contribution in [2.24, 2.45) is 0 Å². The largest absolute Gasteiger partial charge is 0.489 e. The summed E-state index contributed by atoms with van der Waals surface area (Å²) < 4.78 is 20.0. The van der Waals surface area contributed by atoms with E-state index in [-0.39, 0.29) is 11.6 Å². The number of rotatable bonds is 3. The summed E-state index contributed by atoms with van der Waals surface area (Å²) in [6, 6.07) is 8.58. The Bertz CT molecular complexity index is 590. The molecule has 2 rings (SSSR count). The lowest BCUT2D eigenvalue weighted by Gasteiger charge is -2.11. The Morgan fingerprint density at radius 1 is 1.21 bits per heavy atom. The number of hydrogen-bond acceptors (Lipinski definition) is 1. The van der Waals surface area contributed by atoms with Crippen LogP contribution in [0.25, 0.3) is 0 Å². The fourth-order valence-electron chi connectivity index (χ4n) is 1.81. The van der Waals surface area contributed by atoms with Gasteiger partial charge in [0.15, 0.2) is 0 Å². The molecule has 0 aliphatic carbocycles. The molecule has 0 aromatic heterocycles. The third-order valence-electron chi connectivity index (χ3n) is 2.84. The van der Waals surface area contributed by atoms with Crippen molar-refractivity contribution in [2.75, 3.05) is 0 Å². The first kappa shape index (κ1) is 14.4. The highest BCUT2D eigenvalue weighted by molar-refractivity contribution is 9.10. The van der Waals surface area contributed by atoms with E-state index < -0.39 is 5.82 Å². The standard InChI is InChI=1S/C15H13BrClFO/c1-9-6-12(7-10(2)14(9)16)19-8-11-4-3-5-13(18)15(11)17/h3-7H,8H2,1-2H3. The average molecular weight is 344 g/mol. The van der Waals surface area contributed by atoms with Gasteiger partial charge in [0.1, 0.15) is 18.2 Å². The van der Waals surface area contributed by atoms with Crippen molar-refractivity contribution in [1.29, 1.82) is 0 Å². The van der Waals surface area contributed by atoms with Crippen molar-refractivity contribution in [3.05, 3.63) is 62.3 Å². The van der Waals surface area contributed by atoms with E-state index in [2.05, 4.69) is 15.9 Å². The predicted octanol–water partition coefficient (Wildman–Crippen LogP) is 5.44. The van der Waals surface area contributed by atoms with E-state index in [1.54, 1.807) is 12.1 Å². The first-order chi connectivity index (χ1) is 8.99. The molecule has 100 valence electrons. The van der Waals surface area contributed by atoms with Crippen molar-refractivity contribution in [1.82, 2.24) is 0 Å². The molecule has 0 spiro atoms. The van der Waals surface area contributed by atoms with Gasteiger partial charge in [0.25, 0.3) is 0 Å². The van der Waals surface area contributed by atoms with Gasteiger partial charge in [0, 0.05) is 10.0 Å². The lowest BCUT2D eigenvalue weighted by atomic mass is 10.1. The lowest BCUT2D eigenvalue weighted by molar-refractivity contribution is 0.305. The van der Waals surface area contributed by atoms with Crippen LogP contribution >= 0.6 is 27.5 Å². The third kappa shape index (κ3) is 3.28. The van der Waals surface area contributed by atoms with Crippen LogP contribution in [0.4, 0.5) is 4.39 Å². The van der Waals surface area contributed by atoms with Gasteiger partial charge in [-0.05, 0) is 43.2 Å². The molecule has 0 radical (unpaired) electrons. The van der Waals surface area contributed by atoms with Gasteiger partial charge in [-0.3, -0.25) is 0 Å². The highest BCUT2D eigenvalue weighted by Gasteiger charge is 2.07. The van der Waals surface area contributed by atoms with Crippen LogP contribution in [-0.2, 0) is 6.61 Å². The molecule has 4 heteroatoms. The second-order valence-corrected chi connectivity index (χ2v) is 5.54. The Hall–Kier alpha value is -1.06. The normalized spacial score (nSPS) is 10.6. The van der Waals surface area contributed by atoms with Crippen LogP contribution in [-0.4, -0.2) is 0 Å². The van der Waals surface area contributed by atoms with Gasteiger partial charge in [-0.25, -0.2) is 4.39 Å². The van der Waals surface area contributed by atoms with Crippen molar-refractivity contribution in [3.8, 4) is 5.75 Å². The van der Waals surface area contributed by atoms with Crippen LogP contribution in [0.5, 0.6) is 5.75 Å². The van der Waals surface area contributed by atoms with Crippen molar-refractivity contribution in [3.63, 3.8) is 0 Å². The highest BCUT2D eigenvalue weighted by Crippen LogP contribution is 2.27. The van der Waals surface area contributed by atoms with E-state index in [0.29, 0.717) is 5.56 Å². The fourth-order valence-corrected chi connectivity index (χ4v) is 2.22. The summed E-state index contributed by atoms with van der Waals surface area (Å²) in [6.45, 7) is 4.25. The molecule has 0 atom stereocenters. The molecule has 19 heavy (non-hydrogen) atoms. The molecule has 0 fully saturated rings. The monoisotopic (exact) mass is 342 g/mol. The van der Waals surface area contributed by atoms with E-state index in [4.69, 9.17) is 16.3 Å². The minimum Gasteiger partial charge on any atom is -0.489 e. The molecule has 0 saturated carbocycles. The zero-order valence-electron chi connectivity index (χ0n) is 10.6. The van der Waals surface area contributed by atoms with Gasteiger partial charge in [0.2, 0.25) is 0 Å². The summed E-state index contributed by atoms with van der Waals surface area (Å²) in [6.07, 6.45) is 0. The minimum atomic E-state index is -0.425. The molecule has 2 aromatic carbocycles. The first-order valence-electron chi connectivity index (χ1n) is 5.81. The van der Waals surface area contributed by atoms with Crippen LogP contribution in [0.1, 0.15) is 16.7 Å². The maximum Gasteiger partial charge on any atom is 0.142 e. The van der Waals surface area contributed by atoms with Crippen molar-refractivity contribution >= 4 is 27.5 Å². The summed E-state index contributed by atoms with van der Waals surface area (Å²) >= 11 is 9.39. The summed E-state index contributed by atoms with van der Waals surface area (Å²) in [5.41, 5.74) is 2.83. The molecule has 0 unspecified atom stereocenters. The van der Waals surface area contributed by atoms with Crippen LogP contribution in [0.3, 0.4) is 0 Å². The predicted molar refractivity (Wildman–Crippen MR) is 79.4 cm³/mol. The summed E-state index contributed by atoms with van der Waals surface area (Å²) in [7, 11) is 0. The zero-order valence-corrected chi connectivity index (χ0v) is 13.0. The molecule has 0 saturated heterocycles. The van der Waals surface area contributed by atoms with Crippen LogP contribution in [0.2, 0.25) is 5.02 Å². The van der Waals surface area contributed by atoms with Gasteiger partial charge >= 0.3 is 0 Å². The fraction of sp³-hybridized carbons (Fsp3) is 0.200. The number of hydrogen-bond donors (Lipinski definition) is 0. The van der Waals surface area contributed by atoms with E-state index in [1.165, 1.54) is 6.07 Å². The van der Waals surface area contributed by atoms with Crippen LogP contribution < -0.4 is 4.74 Å². The molecule has 2 aromatic rings. The van der Waals surface area contributed by atoms with Crippen LogP contribution in [0, 0.1) is 19.7 Å². The Morgan fingerprint density at radius 3 is 2.47 bits per heavy atom.